The molecule has 21 heavy (non-hydrogen) atoms. The number of nitrogens with one attached hydrogen (secondary N) is 2. The van der Waals surface area contributed by atoms with Gasteiger partial charge in [0.1, 0.15) is 0 Å². The van der Waals surface area contributed by atoms with E-state index < -0.39 is 0 Å². The molecule has 1 aromatic rings. The van der Waals surface area contributed by atoms with Crippen molar-refractivity contribution in [2.24, 2.45) is 11.3 Å². The van der Waals surface area contributed by atoms with Crippen molar-refractivity contribution in [3.63, 3.8) is 0 Å². The van der Waals surface area contributed by atoms with E-state index in [1.807, 2.05) is 18.5 Å². The number of carbonyl (C=O) groups is 1. The molecule has 0 aliphatic carbocycles. The molecule has 5 nitrogen and oxygen atoms in total. The van der Waals surface area contributed by atoms with Gasteiger partial charge in [0.25, 0.3) is 0 Å². The molecule has 1 fully saturated rings. The van der Waals surface area contributed by atoms with Crippen LogP contribution in [0, 0.1) is 25.2 Å². The Hall–Kier alpha value is -1.36. The number of carbonyl (C=O) groups excluding carboxylic acids is 1. The number of aromatic nitrogens is 2. The van der Waals surface area contributed by atoms with Gasteiger partial charge in [-0.05, 0) is 46.6 Å². The molecule has 1 saturated heterocycles. The zero-order valence-electron chi connectivity index (χ0n) is 14.1. The summed E-state index contributed by atoms with van der Waals surface area (Å²) in [5.74, 6) is 0.435. The van der Waals surface area contributed by atoms with Gasteiger partial charge in [-0.1, -0.05) is 13.8 Å². The fourth-order valence-corrected chi connectivity index (χ4v) is 3.24. The summed E-state index contributed by atoms with van der Waals surface area (Å²) in [4.78, 5) is 12.9. The quantitative estimate of drug-likeness (QED) is 0.897. The van der Waals surface area contributed by atoms with Crippen LogP contribution in [0.3, 0.4) is 0 Å². The second-order valence-corrected chi connectivity index (χ2v) is 6.78. The molecule has 1 atom stereocenters. The van der Waals surface area contributed by atoms with Gasteiger partial charge >= 0.3 is 0 Å². The Morgan fingerprint density at radius 1 is 1.33 bits per heavy atom. The standard InChI is InChI=1S/C16H28N4O/c1-10(2)16(7-8-17-9-16)15(21)18-14-12(5)19-20(11(3)4)13(14)6/h10-11,17H,7-9H2,1-6H3,(H,18,21). The lowest BCUT2D eigenvalue weighted by molar-refractivity contribution is -0.126. The van der Waals surface area contributed by atoms with E-state index in [1.165, 1.54) is 0 Å². The van der Waals surface area contributed by atoms with E-state index in [-0.39, 0.29) is 11.3 Å². The second kappa shape index (κ2) is 5.79. The minimum absolute atomic E-state index is 0.122. The van der Waals surface area contributed by atoms with Gasteiger partial charge in [0.15, 0.2) is 0 Å². The van der Waals surface area contributed by atoms with Crippen molar-refractivity contribution in [3.05, 3.63) is 11.4 Å². The maximum absolute atomic E-state index is 12.9. The maximum Gasteiger partial charge on any atom is 0.232 e. The highest BCUT2D eigenvalue weighted by atomic mass is 16.2. The summed E-state index contributed by atoms with van der Waals surface area (Å²) in [6.45, 7) is 14.1. The molecular formula is C16H28N4O. The van der Waals surface area contributed by atoms with Crippen LogP contribution in [0.1, 0.15) is 51.5 Å². The van der Waals surface area contributed by atoms with Gasteiger partial charge in [-0.2, -0.15) is 5.10 Å². The molecule has 0 aromatic carbocycles. The molecule has 1 amide bonds. The summed E-state index contributed by atoms with van der Waals surface area (Å²) in [5.41, 5.74) is 2.49. The molecule has 1 aliphatic rings. The maximum atomic E-state index is 12.9. The number of amides is 1. The van der Waals surface area contributed by atoms with E-state index in [9.17, 15) is 4.79 Å². The predicted molar refractivity (Wildman–Crippen MR) is 85.5 cm³/mol. The molecule has 0 saturated carbocycles. The normalized spacial score (nSPS) is 22.3. The van der Waals surface area contributed by atoms with Crippen LogP contribution in [-0.4, -0.2) is 28.8 Å². The highest BCUT2D eigenvalue weighted by Gasteiger charge is 2.44. The van der Waals surface area contributed by atoms with E-state index in [4.69, 9.17) is 0 Å². The average Bonchev–Trinajstić information content (AvgIpc) is 2.99. The van der Waals surface area contributed by atoms with E-state index in [0.717, 1.165) is 36.6 Å². The van der Waals surface area contributed by atoms with Crippen LogP contribution in [0.4, 0.5) is 5.69 Å². The van der Waals surface area contributed by atoms with E-state index in [1.54, 1.807) is 0 Å². The second-order valence-electron chi connectivity index (χ2n) is 6.78. The Labute approximate surface area is 127 Å². The first-order valence-electron chi connectivity index (χ1n) is 7.87. The van der Waals surface area contributed by atoms with Crippen molar-refractivity contribution in [2.75, 3.05) is 18.4 Å². The molecule has 2 heterocycles. The van der Waals surface area contributed by atoms with E-state index in [0.29, 0.717) is 12.0 Å². The smallest absolute Gasteiger partial charge is 0.232 e. The van der Waals surface area contributed by atoms with Crippen molar-refractivity contribution in [3.8, 4) is 0 Å². The third-order valence-electron chi connectivity index (χ3n) is 4.80. The average molecular weight is 292 g/mol. The molecule has 1 aliphatic heterocycles. The van der Waals surface area contributed by atoms with Crippen LogP contribution in [0.15, 0.2) is 0 Å². The fourth-order valence-electron chi connectivity index (χ4n) is 3.24. The lowest BCUT2D eigenvalue weighted by Gasteiger charge is -2.31. The van der Waals surface area contributed by atoms with Gasteiger partial charge in [0.2, 0.25) is 5.91 Å². The molecule has 118 valence electrons. The molecule has 1 unspecified atom stereocenters. The Morgan fingerprint density at radius 2 is 2.00 bits per heavy atom. The monoisotopic (exact) mass is 292 g/mol. The Kier molecular flexibility index (Phi) is 4.42. The predicted octanol–water partition coefficient (Wildman–Crippen LogP) is 2.66. The van der Waals surface area contributed by atoms with Crippen LogP contribution < -0.4 is 10.6 Å². The van der Waals surface area contributed by atoms with Crippen molar-refractivity contribution in [2.45, 2.75) is 54.0 Å². The highest BCUT2D eigenvalue weighted by Crippen LogP contribution is 2.36. The topological polar surface area (TPSA) is 59.0 Å². The van der Waals surface area contributed by atoms with Gasteiger partial charge in [-0.15, -0.1) is 0 Å². The third kappa shape index (κ3) is 2.71. The Morgan fingerprint density at radius 3 is 2.43 bits per heavy atom. The first kappa shape index (κ1) is 16.0. The van der Waals surface area contributed by atoms with Crippen LogP contribution in [0.5, 0.6) is 0 Å². The number of anilines is 1. The van der Waals surface area contributed by atoms with Gasteiger partial charge < -0.3 is 10.6 Å². The molecule has 5 heteroatoms. The molecule has 0 radical (unpaired) electrons. The fraction of sp³-hybridized carbons (Fsp3) is 0.750. The van der Waals surface area contributed by atoms with Crippen LogP contribution in [-0.2, 0) is 4.79 Å². The summed E-state index contributed by atoms with van der Waals surface area (Å²) in [7, 11) is 0. The zero-order valence-corrected chi connectivity index (χ0v) is 14.1. The number of rotatable bonds is 4. The third-order valence-corrected chi connectivity index (χ3v) is 4.80. The van der Waals surface area contributed by atoms with Gasteiger partial charge in [0.05, 0.1) is 22.5 Å². The zero-order chi connectivity index (χ0) is 15.8. The summed E-state index contributed by atoms with van der Waals surface area (Å²) in [6.07, 6.45) is 0.896. The Balaban J connectivity index is 2.27. The van der Waals surface area contributed by atoms with Gasteiger partial charge in [0, 0.05) is 12.6 Å². The Bertz CT molecular complexity index is 525. The summed E-state index contributed by atoms with van der Waals surface area (Å²) in [5, 5.41) is 11.0. The number of hydrogen-bond donors (Lipinski definition) is 2. The first-order valence-corrected chi connectivity index (χ1v) is 7.87. The number of aryl methyl sites for hydroxylation is 1. The van der Waals surface area contributed by atoms with Crippen molar-refractivity contribution < 1.29 is 4.79 Å². The molecule has 2 N–H and O–H groups in total. The summed E-state index contributed by atoms with van der Waals surface area (Å²) < 4.78 is 1.97. The minimum atomic E-state index is -0.307. The molecule has 2 rings (SSSR count). The van der Waals surface area contributed by atoms with Gasteiger partial charge in [-0.3, -0.25) is 9.48 Å². The number of hydrogen-bond acceptors (Lipinski definition) is 3. The van der Waals surface area contributed by atoms with Crippen LogP contribution in [0.25, 0.3) is 0 Å². The summed E-state index contributed by atoms with van der Waals surface area (Å²) in [6, 6.07) is 0.293. The summed E-state index contributed by atoms with van der Waals surface area (Å²) >= 11 is 0. The number of nitrogens with zero attached hydrogens (tertiary/aromatic N) is 2. The van der Waals surface area contributed by atoms with Crippen molar-refractivity contribution >= 4 is 11.6 Å². The largest absolute Gasteiger partial charge is 0.322 e. The minimum Gasteiger partial charge on any atom is -0.322 e. The SMILES string of the molecule is Cc1nn(C(C)C)c(C)c1NC(=O)C1(C(C)C)CCNC1. The van der Waals surface area contributed by atoms with Crippen molar-refractivity contribution in [1.82, 2.24) is 15.1 Å². The van der Waals surface area contributed by atoms with Crippen LogP contribution in [0.2, 0.25) is 0 Å². The molecular weight excluding hydrogens is 264 g/mol. The van der Waals surface area contributed by atoms with Crippen molar-refractivity contribution in [1.29, 1.82) is 0 Å². The lowest BCUT2D eigenvalue weighted by Crippen LogP contribution is -2.42. The first-order chi connectivity index (χ1) is 9.79. The van der Waals surface area contributed by atoms with Crippen LogP contribution >= 0.6 is 0 Å². The van der Waals surface area contributed by atoms with Gasteiger partial charge in [-0.25, -0.2) is 0 Å². The lowest BCUT2D eigenvalue weighted by atomic mass is 9.75. The van der Waals surface area contributed by atoms with E-state index in [2.05, 4.69) is 43.4 Å². The molecule has 1 aromatic heterocycles. The molecule has 0 spiro atoms. The highest BCUT2D eigenvalue weighted by molar-refractivity contribution is 5.96. The molecule has 0 bridgehead atoms. The van der Waals surface area contributed by atoms with E-state index >= 15 is 0 Å².